The third-order valence-corrected chi connectivity index (χ3v) is 5.52. The maximum absolute atomic E-state index is 12.6. The molecule has 5 nitrogen and oxygen atoms in total. The minimum absolute atomic E-state index is 0.191. The first-order chi connectivity index (χ1) is 14.4. The zero-order valence-electron chi connectivity index (χ0n) is 16.7. The van der Waals surface area contributed by atoms with Crippen molar-refractivity contribution in [3.8, 4) is 11.1 Å². The first-order valence-electron chi connectivity index (χ1n) is 9.92. The number of nitrogens with zero attached hydrogens (tertiary/aromatic N) is 1. The maximum atomic E-state index is 12.6. The normalized spacial score (nSPS) is 15.0. The number of aliphatic carboxylic acids is 1. The van der Waals surface area contributed by atoms with Gasteiger partial charge < -0.3 is 15.1 Å². The van der Waals surface area contributed by atoms with Crippen LogP contribution in [0, 0.1) is 0 Å². The summed E-state index contributed by atoms with van der Waals surface area (Å²) >= 11 is 0. The number of carbonyl (C=O) groups excluding carboxylic acids is 1. The number of benzene rings is 3. The van der Waals surface area contributed by atoms with Gasteiger partial charge in [-0.1, -0.05) is 66.7 Å². The SMILES string of the molecule is C[C@@H](O)[C@@H](C(=O)O)N1Cc2cc(Cc3ccc(-c4ccccc4)cc3)ccc2C1=O. The minimum atomic E-state index is -1.25. The van der Waals surface area contributed by atoms with Crippen molar-refractivity contribution in [1.82, 2.24) is 4.90 Å². The first-order valence-corrected chi connectivity index (χ1v) is 9.92. The smallest absolute Gasteiger partial charge is 0.329 e. The molecule has 152 valence electrons. The van der Waals surface area contributed by atoms with Crippen LogP contribution in [0.5, 0.6) is 0 Å². The highest BCUT2D eigenvalue weighted by Crippen LogP contribution is 2.28. The molecule has 0 bridgehead atoms. The summed E-state index contributed by atoms with van der Waals surface area (Å²) in [6.45, 7) is 1.58. The maximum Gasteiger partial charge on any atom is 0.329 e. The van der Waals surface area contributed by atoms with E-state index in [9.17, 15) is 19.8 Å². The largest absolute Gasteiger partial charge is 0.480 e. The molecule has 2 atom stereocenters. The van der Waals surface area contributed by atoms with Gasteiger partial charge in [-0.2, -0.15) is 0 Å². The Bertz CT molecular complexity index is 1070. The standard InChI is InChI=1S/C25H23NO4/c1-16(27)23(25(29)30)26-15-21-14-18(9-12-22(21)24(26)28)13-17-7-10-20(11-8-17)19-5-3-2-4-6-19/h2-12,14,16,23,27H,13,15H2,1H3,(H,29,30)/t16-,23+/m1/s1. The topological polar surface area (TPSA) is 77.8 Å². The average Bonchev–Trinajstić information content (AvgIpc) is 3.04. The van der Waals surface area contributed by atoms with Crippen molar-refractivity contribution in [2.24, 2.45) is 0 Å². The van der Waals surface area contributed by atoms with Crippen LogP contribution in [0.2, 0.25) is 0 Å². The van der Waals surface area contributed by atoms with Gasteiger partial charge in [-0.05, 0) is 47.2 Å². The number of amides is 1. The van der Waals surface area contributed by atoms with Crippen LogP contribution in [0.25, 0.3) is 11.1 Å². The van der Waals surface area contributed by atoms with E-state index in [4.69, 9.17) is 0 Å². The van der Waals surface area contributed by atoms with Gasteiger partial charge in [0.2, 0.25) is 0 Å². The summed E-state index contributed by atoms with van der Waals surface area (Å²) in [4.78, 5) is 25.4. The predicted octanol–water partition coefficient (Wildman–Crippen LogP) is 3.73. The molecule has 1 heterocycles. The van der Waals surface area contributed by atoms with Crippen LogP contribution in [-0.4, -0.2) is 39.1 Å². The average molecular weight is 401 g/mol. The van der Waals surface area contributed by atoms with Crippen LogP contribution in [0.15, 0.2) is 72.8 Å². The molecule has 0 spiro atoms. The lowest BCUT2D eigenvalue weighted by Gasteiger charge is -2.26. The summed E-state index contributed by atoms with van der Waals surface area (Å²) in [6.07, 6.45) is -0.432. The second-order valence-electron chi connectivity index (χ2n) is 7.69. The van der Waals surface area contributed by atoms with E-state index in [0.717, 1.165) is 28.7 Å². The van der Waals surface area contributed by atoms with Gasteiger partial charge in [0.15, 0.2) is 6.04 Å². The van der Waals surface area contributed by atoms with E-state index in [-0.39, 0.29) is 12.5 Å². The van der Waals surface area contributed by atoms with E-state index >= 15 is 0 Å². The van der Waals surface area contributed by atoms with Crippen LogP contribution < -0.4 is 0 Å². The molecule has 2 N–H and O–H groups in total. The fourth-order valence-corrected chi connectivity index (χ4v) is 4.01. The molecule has 3 aromatic carbocycles. The van der Waals surface area contributed by atoms with E-state index in [1.54, 1.807) is 6.07 Å². The second kappa shape index (κ2) is 8.13. The van der Waals surface area contributed by atoms with Crippen molar-refractivity contribution in [2.45, 2.75) is 32.0 Å². The molecule has 1 aliphatic heterocycles. The Kier molecular flexibility index (Phi) is 5.38. The van der Waals surface area contributed by atoms with Crippen LogP contribution >= 0.6 is 0 Å². The van der Waals surface area contributed by atoms with Crippen LogP contribution in [-0.2, 0) is 17.8 Å². The molecule has 0 aromatic heterocycles. The zero-order valence-corrected chi connectivity index (χ0v) is 16.7. The highest BCUT2D eigenvalue weighted by atomic mass is 16.4. The highest BCUT2D eigenvalue weighted by Gasteiger charge is 2.39. The molecule has 0 saturated heterocycles. The van der Waals surface area contributed by atoms with Gasteiger partial charge in [0.05, 0.1) is 6.10 Å². The number of carboxylic acid groups (broad SMARTS) is 1. The molecule has 0 radical (unpaired) electrons. The predicted molar refractivity (Wildman–Crippen MR) is 114 cm³/mol. The zero-order chi connectivity index (χ0) is 21.3. The molecule has 4 rings (SSSR count). The van der Waals surface area contributed by atoms with Crippen molar-refractivity contribution in [3.05, 3.63) is 95.1 Å². The Labute approximate surface area is 175 Å². The molecule has 0 unspecified atom stereocenters. The van der Waals surface area contributed by atoms with E-state index in [1.807, 2.05) is 30.3 Å². The van der Waals surface area contributed by atoms with Crippen molar-refractivity contribution in [2.75, 3.05) is 0 Å². The first kappa shape index (κ1) is 19.9. The van der Waals surface area contributed by atoms with Gasteiger partial charge in [-0.3, -0.25) is 4.79 Å². The molecule has 3 aromatic rings. The Morgan fingerprint density at radius 3 is 2.23 bits per heavy atom. The third kappa shape index (κ3) is 3.84. The van der Waals surface area contributed by atoms with Crippen molar-refractivity contribution < 1.29 is 19.8 Å². The Hall–Kier alpha value is -3.44. The van der Waals surface area contributed by atoms with E-state index in [2.05, 4.69) is 36.4 Å². The number of aliphatic hydroxyl groups is 1. The van der Waals surface area contributed by atoms with Crippen molar-refractivity contribution >= 4 is 11.9 Å². The van der Waals surface area contributed by atoms with Crippen molar-refractivity contribution in [3.63, 3.8) is 0 Å². The Morgan fingerprint density at radius 2 is 1.60 bits per heavy atom. The minimum Gasteiger partial charge on any atom is -0.480 e. The number of fused-ring (bicyclic) bond motifs is 1. The van der Waals surface area contributed by atoms with E-state index in [0.29, 0.717) is 5.56 Å². The molecule has 0 aliphatic carbocycles. The number of carboxylic acids is 1. The Balaban J connectivity index is 1.52. The quantitative estimate of drug-likeness (QED) is 0.660. The lowest BCUT2D eigenvalue weighted by Crippen LogP contribution is -2.48. The van der Waals surface area contributed by atoms with Crippen molar-refractivity contribution in [1.29, 1.82) is 0 Å². The molecule has 1 amide bonds. The summed E-state index contributed by atoms with van der Waals surface area (Å²) in [6, 6.07) is 23.0. The molecule has 30 heavy (non-hydrogen) atoms. The molecular formula is C25H23NO4. The van der Waals surface area contributed by atoms with Gasteiger partial charge in [0.1, 0.15) is 0 Å². The van der Waals surface area contributed by atoms with Gasteiger partial charge in [0.25, 0.3) is 5.91 Å². The molecule has 0 fully saturated rings. The van der Waals surface area contributed by atoms with E-state index < -0.39 is 18.1 Å². The number of hydrogen-bond donors (Lipinski definition) is 2. The fourth-order valence-electron chi connectivity index (χ4n) is 4.01. The number of rotatable bonds is 6. The molecule has 0 saturated carbocycles. The van der Waals surface area contributed by atoms with E-state index in [1.165, 1.54) is 17.4 Å². The summed E-state index contributed by atoms with van der Waals surface area (Å²) in [5, 5.41) is 19.2. The van der Waals surface area contributed by atoms with Crippen LogP contribution in [0.4, 0.5) is 0 Å². The number of hydrogen-bond acceptors (Lipinski definition) is 3. The number of aliphatic hydroxyl groups excluding tert-OH is 1. The third-order valence-electron chi connectivity index (χ3n) is 5.52. The lowest BCUT2D eigenvalue weighted by atomic mass is 9.98. The number of carbonyl (C=O) groups is 2. The summed E-state index contributed by atoms with van der Waals surface area (Å²) in [5.41, 5.74) is 5.84. The van der Waals surface area contributed by atoms with Crippen LogP contribution in [0.1, 0.15) is 34.0 Å². The van der Waals surface area contributed by atoms with Gasteiger partial charge >= 0.3 is 5.97 Å². The van der Waals surface area contributed by atoms with Gasteiger partial charge in [-0.25, -0.2) is 4.79 Å². The highest BCUT2D eigenvalue weighted by molar-refractivity contribution is 6.00. The summed E-state index contributed by atoms with van der Waals surface area (Å²) in [5.74, 6) is -1.55. The fraction of sp³-hybridized carbons (Fsp3) is 0.200. The Morgan fingerprint density at radius 1 is 0.967 bits per heavy atom. The van der Waals surface area contributed by atoms with Crippen LogP contribution in [0.3, 0.4) is 0 Å². The monoisotopic (exact) mass is 401 g/mol. The second-order valence-corrected chi connectivity index (χ2v) is 7.69. The van der Waals surface area contributed by atoms with Gasteiger partial charge in [-0.15, -0.1) is 0 Å². The van der Waals surface area contributed by atoms with Gasteiger partial charge in [0, 0.05) is 12.1 Å². The molecule has 5 heteroatoms. The molecular weight excluding hydrogens is 378 g/mol. The lowest BCUT2D eigenvalue weighted by molar-refractivity contribution is -0.146. The summed E-state index contributed by atoms with van der Waals surface area (Å²) < 4.78 is 0. The molecule has 1 aliphatic rings. The summed E-state index contributed by atoms with van der Waals surface area (Å²) in [7, 11) is 0.